The molecule has 1 aliphatic heterocycles. The van der Waals surface area contributed by atoms with Gasteiger partial charge in [-0.1, -0.05) is 23.7 Å². The Morgan fingerprint density at radius 1 is 1.27 bits per heavy atom. The van der Waals surface area contributed by atoms with Crippen molar-refractivity contribution in [1.82, 2.24) is 25.1 Å². The molecule has 6 nitrogen and oxygen atoms in total. The third-order valence-electron chi connectivity index (χ3n) is 5.89. The van der Waals surface area contributed by atoms with Gasteiger partial charge in [-0.25, -0.2) is 14.4 Å². The lowest BCUT2D eigenvalue weighted by atomic mass is 10.1. The van der Waals surface area contributed by atoms with Crippen LogP contribution in [0.25, 0.3) is 11.4 Å². The average molecular weight is 432 g/mol. The molecular formula is C22H27ClFN5O. The lowest BCUT2D eigenvalue weighted by molar-refractivity contribution is -0.127. The van der Waals surface area contributed by atoms with Crippen molar-refractivity contribution in [3.8, 4) is 11.4 Å². The number of hydrogen-bond acceptors (Lipinski definition) is 5. The van der Waals surface area contributed by atoms with Crippen molar-refractivity contribution >= 4 is 17.5 Å². The Bertz CT molecular complexity index is 941. The number of piperazine rings is 1. The number of carbonyl (C=O) groups is 1. The standard InChI is InChI=1S/C22H27ClFN5O/c1-15-3-4-16(11-18(15)23)20-25-12-17(13-26-21(30)22(24)5-6-22)19(27-20)14-29-9-7-28(2)8-10-29/h3-4,11-12H,5-10,13-14H2,1-2H3,(H,26,30). The molecule has 1 amide bonds. The van der Waals surface area contributed by atoms with E-state index in [-0.39, 0.29) is 6.54 Å². The number of hydrogen-bond donors (Lipinski definition) is 1. The van der Waals surface area contributed by atoms with Crippen LogP contribution in [0, 0.1) is 6.92 Å². The molecule has 2 aliphatic rings. The smallest absolute Gasteiger partial charge is 0.257 e. The number of aryl methyl sites for hydroxylation is 1. The lowest BCUT2D eigenvalue weighted by Crippen LogP contribution is -2.44. The number of carbonyl (C=O) groups excluding carboxylic acids is 1. The molecule has 2 aromatic rings. The fourth-order valence-corrected chi connectivity index (χ4v) is 3.67. The highest BCUT2D eigenvalue weighted by Gasteiger charge is 2.50. The molecule has 4 rings (SSSR count). The fraction of sp³-hybridized carbons (Fsp3) is 0.500. The molecule has 1 aromatic heterocycles. The molecule has 160 valence electrons. The number of amides is 1. The maximum absolute atomic E-state index is 14.0. The van der Waals surface area contributed by atoms with Gasteiger partial charge in [-0.3, -0.25) is 9.69 Å². The van der Waals surface area contributed by atoms with Gasteiger partial charge in [0.25, 0.3) is 5.91 Å². The molecule has 30 heavy (non-hydrogen) atoms. The zero-order valence-corrected chi connectivity index (χ0v) is 18.2. The van der Waals surface area contributed by atoms with Crippen molar-refractivity contribution in [1.29, 1.82) is 0 Å². The number of nitrogens with one attached hydrogen (secondary N) is 1. The van der Waals surface area contributed by atoms with Crippen molar-refractivity contribution < 1.29 is 9.18 Å². The number of nitrogens with zero attached hydrogens (tertiary/aromatic N) is 4. The topological polar surface area (TPSA) is 61.4 Å². The fourth-order valence-electron chi connectivity index (χ4n) is 3.49. The summed E-state index contributed by atoms with van der Waals surface area (Å²) >= 11 is 6.29. The molecule has 1 N–H and O–H groups in total. The molecular weight excluding hydrogens is 405 g/mol. The van der Waals surface area contributed by atoms with Crippen LogP contribution in [0.1, 0.15) is 29.7 Å². The van der Waals surface area contributed by atoms with Crippen LogP contribution in [0.5, 0.6) is 0 Å². The first-order valence-corrected chi connectivity index (χ1v) is 10.7. The van der Waals surface area contributed by atoms with Crippen molar-refractivity contribution in [2.24, 2.45) is 0 Å². The summed E-state index contributed by atoms with van der Waals surface area (Å²) in [6.45, 7) is 6.74. The Kier molecular flexibility index (Phi) is 6.04. The molecule has 0 atom stereocenters. The van der Waals surface area contributed by atoms with E-state index in [2.05, 4.69) is 27.1 Å². The summed E-state index contributed by atoms with van der Waals surface area (Å²) in [5.74, 6) is 0.0581. The van der Waals surface area contributed by atoms with E-state index in [0.29, 0.717) is 30.2 Å². The molecule has 2 fully saturated rings. The number of aromatic nitrogens is 2. The van der Waals surface area contributed by atoms with E-state index in [1.165, 1.54) is 0 Å². The van der Waals surface area contributed by atoms with E-state index >= 15 is 0 Å². The molecule has 1 saturated heterocycles. The Hall–Kier alpha value is -2.09. The Morgan fingerprint density at radius 2 is 2.00 bits per heavy atom. The van der Waals surface area contributed by atoms with Crippen LogP contribution in [0.4, 0.5) is 4.39 Å². The van der Waals surface area contributed by atoms with E-state index < -0.39 is 11.6 Å². The molecule has 0 bridgehead atoms. The van der Waals surface area contributed by atoms with Gasteiger partial charge in [0.15, 0.2) is 11.5 Å². The SMILES string of the molecule is Cc1ccc(-c2ncc(CNC(=O)C3(F)CC3)c(CN3CCN(C)CC3)n2)cc1Cl. The molecule has 8 heteroatoms. The molecule has 1 aromatic carbocycles. The van der Waals surface area contributed by atoms with Crippen LogP contribution in [0.15, 0.2) is 24.4 Å². The summed E-state index contributed by atoms with van der Waals surface area (Å²) in [6, 6.07) is 5.77. The maximum Gasteiger partial charge on any atom is 0.257 e. The number of halogens is 2. The van der Waals surface area contributed by atoms with Gasteiger partial charge in [0, 0.05) is 61.6 Å². The predicted octanol–water partition coefficient (Wildman–Crippen LogP) is 2.97. The van der Waals surface area contributed by atoms with E-state index in [9.17, 15) is 9.18 Å². The van der Waals surface area contributed by atoms with Crippen molar-refractivity contribution in [3.05, 3.63) is 46.2 Å². The van der Waals surface area contributed by atoms with Gasteiger partial charge < -0.3 is 10.2 Å². The molecule has 0 spiro atoms. The molecule has 0 unspecified atom stereocenters. The zero-order valence-electron chi connectivity index (χ0n) is 17.4. The Balaban J connectivity index is 1.57. The summed E-state index contributed by atoms with van der Waals surface area (Å²) < 4.78 is 14.0. The lowest BCUT2D eigenvalue weighted by Gasteiger charge is -2.32. The van der Waals surface area contributed by atoms with Crippen LogP contribution in [0.2, 0.25) is 5.02 Å². The van der Waals surface area contributed by atoms with E-state index in [1.54, 1.807) is 6.20 Å². The quantitative estimate of drug-likeness (QED) is 0.761. The maximum atomic E-state index is 14.0. The zero-order chi connectivity index (χ0) is 21.3. The van der Waals surface area contributed by atoms with Gasteiger partial charge >= 0.3 is 0 Å². The van der Waals surface area contributed by atoms with Crippen LogP contribution < -0.4 is 5.32 Å². The third kappa shape index (κ3) is 4.79. The summed E-state index contributed by atoms with van der Waals surface area (Å²) in [6.07, 6.45) is 2.34. The van der Waals surface area contributed by atoms with E-state index in [1.807, 2.05) is 25.1 Å². The highest BCUT2D eigenvalue weighted by molar-refractivity contribution is 6.31. The molecule has 1 saturated carbocycles. The molecule has 2 heterocycles. The van der Waals surface area contributed by atoms with Gasteiger partial charge in [-0.15, -0.1) is 0 Å². The Morgan fingerprint density at radius 3 is 2.67 bits per heavy atom. The first-order valence-electron chi connectivity index (χ1n) is 10.3. The number of benzene rings is 1. The first kappa shape index (κ1) is 21.2. The van der Waals surface area contributed by atoms with Gasteiger partial charge in [0.2, 0.25) is 0 Å². The van der Waals surface area contributed by atoms with E-state index in [4.69, 9.17) is 16.6 Å². The minimum Gasteiger partial charge on any atom is -0.349 e. The summed E-state index contributed by atoms with van der Waals surface area (Å²) in [5.41, 5.74) is 1.83. The second kappa shape index (κ2) is 8.57. The Labute approximate surface area is 181 Å². The minimum absolute atomic E-state index is 0.225. The van der Waals surface area contributed by atoms with Crippen LogP contribution in [-0.4, -0.2) is 64.6 Å². The van der Waals surface area contributed by atoms with Gasteiger partial charge in [0.1, 0.15) is 0 Å². The average Bonchev–Trinajstić information content (AvgIpc) is 3.49. The second-order valence-corrected chi connectivity index (χ2v) is 8.76. The largest absolute Gasteiger partial charge is 0.349 e. The highest BCUT2D eigenvalue weighted by atomic mass is 35.5. The number of rotatable bonds is 6. The van der Waals surface area contributed by atoms with Gasteiger partial charge in [0.05, 0.1) is 5.69 Å². The summed E-state index contributed by atoms with van der Waals surface area (Å²) in [7, 11) is 2.12. The normalized spacial score (nSPS) is 18.9. The third-order valence-corrected chi connectivity index (χ3v) is 6.30. The van der Waals surface area contributed by atoms with Crippen molar-refractivity contribution in [3.63, 3.8) is 0 Å². The van der Waals surface area contributed by atoms with Crippen LogP contribution >= 0.6 is 11.6 Å². The van der Waals surface area contributed by atoms with Crippen LogP contribution in [-0.2, 0) is 17.9 Å². The van der Waals surface area contributed by atoms with Crippen LogP contribution in [0.3, 0.4) is 0 Å². The summed E-state index contributed by atoms with van der Waals surface area (Å²) in [4.78, 5) is 26.0. The predicted molar refractivity (Wildman–Crippen MR) is 115 cm³/mol. The molecule has 0 radical (unpaired) electrons. The number of likely N-dealkylation sites (N-methyl/N-ethyl adjacent to an activating group) is 1. The van der Waals surface area contributed by atoms with Gasteiger partial charge in [-0.2, -0.15) is 0 Å². The van der Waals surface area contributed by atoms with E-state index in [0.717, 1.165) is 48.6 Å². The van der Waals surface area contributed by atoms with Crippen molar-refractivity contribution in [2.75, 3.05) is 33.2 Å². The molecule has 1 aliphatic carbocycles. The minimum atomic E-state index is -1.68. The van der Waals surface area contributed by atoms with Crippen molar-refractivity contribution in [2.45, 2.75) is 38.5 Å². The number of alkyl halides is 1. The first-order chi connectivity index (χ1) is 14.3. The monoisotopic (exact) mass is 431 g/mol. The summed E-state index contributed by atoms with van der Waals surface area (Å²) in [5, 5.41) is 3.39. The second-order valence-electron chi connectivity index (χ2n) is 8.36. The highest BCUT2D eigenvalue weighted by Crippen LogP contribution is 2.39. The van der Waals surface area contributed by atoms with Gasteiger partial charge in [-0.05, 0) is 38.4 Å².